The number of hydrogen-bond acceptors (Lipinski definition) is 5. The maximum Gasteiger partial charge on any atom is 0.301 e. The van der Waals surface area contributed by atoms with Crippen molar-refractivity contribution in [3.05, 3.63) is 35.5 Å². The van der Waals surface area contributed by atoms with Crippen molar-refractivity contribution >= 4 is 17.7 Å². The Bertz CT molecular complexity index is 561. The van der Waals surface area contributed by atoms with Crippen LogP contribution >= 0.6 is 11.8 Å². The number of rotatable bonds is 4. The molecular weight excluding hydrogens is 252 g/mol. The number of hydrogen-bond donors (Lipinski definition) is 2. The lowest BCUT2D eigenvalue weighted by Gasteiger charge is -1.96. The molecule has 0 aromatic carbocycles. The van der Waals surface area contributed by atoms with Crippen molar-refractivity contribution in [2.45, 2.75) is 17.6 Å². The first kappa shape index (κ1) is 12.7. The van der Waals surface area contributed by atoms with Crippen LogP contribution in [0.3, 0.4) is 0 Å². The number of nitrogens with two attached hydrogens (primary N) is 1. The molecule has 0 saturated carbocycles. The number of hydrazine groups is 1. The first-order valence-corrected chi connectivity index (χ1v) is 6.30. The fourth-order valence-electron chi connectivity index (χ4n) is 1.54. The highest BCUT2D eigenvalue weighted by molar-refractivity contribution is 7.98. The lowest BCUT2D eigenvalue weighted by atomic mass is 10.2. The van der Waals surface area contributed by atoms with Gasteiger partial charge in [-0.3, -0.25) is 14.9 Å². The Balaban J connectivity index is 2.04. The lowest BCUT2D eigenvalue weighted by Crippen LogP contribution is -2.30. The molecule has 0 bridgehead atoms. The number of aromatic nitrogens is 2. The molecule has 0 aliphatic heterocycles. The fourth-order valence-corrected chi connectivity index (χ4v) is 2.34. The van der Waals surface area contributed by atoms with Crippen molar-refractivity contribution in [3.63, 3.8) is 0 Å². The molecule has 0 radical (unpaired) electrons. The third-order valence-electron chi connectivity index (χ3n) is 2.37. The van der Waals surface area contributed by atoms with Crippen LogP contribution in [0.5, 0.6) is 0 Å². The van der Waals surface area contributed by atoms with Crippen LogP contribution in [0.2, 0.25) is 0 Å². The van der Waals surface area contributed by atoms with Crippen LogP contribution < -0.4 is 11.3 Å². The average Bonchev–Trinajstić information content (AvgIpc) is 2.92. The number of aryl methyl sites for hydroxylation is 2. The zero-order valence-electron chi connectivity index (χ0n) is 10.1. The first-order valence-electron chi connectivity index (χ1n) is 5.32. The summed E-state index contributed by atoms with van der Waals surface area (Å²) < 4.78 is 7.19. The molecule has 0 fully saturated rings. The van der Waals surface area contributed by atoms with Gasteiger partial charge >= 0.3 is 5.91 Å². The summed E-state index contributed by atoms with van der Waals surface area (Å²) in [6.45, 7) is 1.81. The molecule has 2 heterocycles. The Morgan fingerprint density at radius 3 is 3.06 bits per heavy atom. The van der Waals surface area contributed by atoms with Crippen LogP contribution in [0.15, 0.2) is 27.8 Å². The zero-order chi connectivity index (χ0) is 13.1. The predicted octanol–water partition coefficient (Wildman–Crippen LogP) is 1.22. The third-order valence-corrected chi connectivity index (χ3v) is 3.34. The summed E-state index contributed by atoms with van der Waals surface area (Å²) in [4.78, 5) is 12.4. The normalized spacial score (nSPS) is 10.6. The van der Waals surface area contributed by atoms with E-state index in [1.165, 1.54) is 0 Å². The van der Waals surface area contributed by atoms with E-state index in [9.17, 15) is 4.79 Å². The van der Waals surface area contributed by atoms with Gasteiger partial charge in [0.15, 0.2) is 5.76 Å². The molecule has 7 heteroatoms. The number of carbonyl (C=O) groups excluding carboxylic acids is 1. The molecule has 2 rings (SSSR count). The van der Waals surface area contributed by atoms with Gasteiger partial charge < -0.3 is 4.42 Å². The molecule has 96 valence electrons. The summed E-state index contributed by atoms with van der Waals surface area (Å²) in [5.41, 5.74) is 2.84. The van der Waals surface area contributed by atoms with Crippen molar-refractivity contribution in [3.8, 4) is 0 Å². The molecule has 2 aromatic heterocycles. The number of nitrogens with zero attached hydrogens (tertiary/aromatic N) is 2. The van der Waals surface area contributed by atoms with E-state index in [1.807, 2.05) is 26.2 Å². The predicted molar refractivity (Wildman–Crippen MR) is 67.9 cm³/mol. The molecule has 1 amide bonds. The minimum Gasteiger partial charge on any atom is -0.455 e. The van der Waals surface area contributed by atoms with Gasteiger partial charge in [0.25, 0.3) is 0 Å². The van der Waals surface area contributed by atoms with Gasteiger partial charge in [0.1, 0.15) is 5.76 Å². The first-order chi connectivity index (χ1) is 8.60. The van der Waals surface area contributed by atoms with E-state index >= 15 is 0 Å². The maximum atomic E-state index is 11.4. The Kier molecular flexibility index (Phi) is 3.73. The summed E-state index contributed by atoms with van der Waals surface area (Å²) in [6.07, 6.45) is 3.71. The molecule has 0 spiro atoms. The van der Waals surface area contributed by atoms with Gasteiger partial charge in [0.05, 0.1) is 11.9 Å². The van der Waals surface area contributed by atoms with Gasteiger partial charge in [-0.25, -0.2) is 5.84 Å². The number of carbonyl (C=O) groups is 1. The van der Waals surface area contributed by atoms with Crippen molar-refractivity contribution in [1.29, 1.82) is 0 Å². The van der Waals surface area contributed by atoms with Crippen molar-refractivity contribution < 1.29 is 9.21 Å². The quantitative estimate of drug-likeness (QED) is 0.376. The van der Waals surface area contributed by atoms with Gasteiger partial charge in [-0.2, -0.15) is 5.10 Å². The number of amides is 1. The number of nitrogen functional groups attached to an aromatic ring is 1. The Morgan fingerprint density at radius 1 is 1.67 bits per heavy atom. The topological polar surface area (TPSA) is 86.1 Å². The van der Waals surface area contributed by atoms with Crippen LogP contribution in [0.4, 0.5) is 0 Å². The minimum absolute atomic E-state index is 0.263. The fraction of sp³-hybridized carbons (Fsp3) is 0.273. The third kappa shape index (κ3) is 2.74. The molecular formula is C11H14N4O2S. The van der Waals surface area contributed by atoms with Crippen LogP contribution in [0.1, 0.15) is 21.9 Å². The van der Waals surface area contributed by atoms with E-state index in [2.05, 4.69) is 10.5 Å². The molecule has 0 aliphatic rings. The maximum absolute atomic E-state index is 11.4. The summed E-state index contributed by atoms with van der Waals surface area (Å²) >= 11 is 1.60. The van der Waals surface area contributed by atoms with E-state index in [0.717, 1.165) is 16.2 Å². The van der Waals surface area contributed by atoms with Crippen LogP contribution in [-0.4, -0.2) is 15.7 Å². The van der Waals surface area contributed by atoms with Gasteiger partial charge in [0.2, 0.25) is 0 Å². The van der Waals surface area contributed by atoms with E-state index < -0.39 is 5.91 Å². The van der Waals surface area contributed by atoms with Crippen LogP contribution in [-0.2, 0) is 12.8 Å². The molecule has 6 nitrogen and oxygen atoms in total. The molecule has 18 heavy (non-hydrogen) atoms. The summed E-state index contributed by atoms with van der Waals surface area (Å²) in [5.74, 6) is 6.30. The Labute approximate surface area is 108 Å². The highest BCUT2D eigenvalue weighted by Gasteiger charge is 2.14. The number of furan rings is 1. The molecule has 0 aliphatic carbocycles. The van der Waals surface area contributed by atoms with Gasteiger partial charge in [-0.15, -0.1) is 11.8 Å². The smallest absolute Gasteiger partial charge is 0.301 e. The van der Waals surface area contributed by atoms with Crippen LogP contribution in [0, 0.1) is 6.92 Å². The molecule has 3 N–H and O–H groups in total. The second-order valence-electron chi connectivity index (χ2n) is 3.84. The van der Waals surface area contributed by atoms with Crippen molar-refractivity contribution in [2.75, 3.05) is 0 Å². The molecule has 0 atom stereocenters. The van der Waals surface area contributed by atoms with E-state index in [4.69, 9.17) is 10.3 Å². The van der Waals surface area contributed by atoms with Gasteiger partial charge in [0, 0.05) is 23.7 Å². The zero-order valence-corrected chi connectivity index (χ0v) is 11.0. The average molecular weight is 266 g/mol. The SMILES string of the molecule is Cc1cc(CSc2cnn(C)c2)oc1C(=O)NN. The number of nitrogens with one attached hydrogen (secondary N) is 1. The Hall–Kier alpha value is -1.73. The van der Waals surface area contributed by atoms with E-state index in [0.29, 0.717) is 5.75 Å². The Morgan fingerprint density at radius 2 is 2.44 bits per heavy atom. The summed E-state index contributed by atoms with van der Waals surface area (Å²) in [7, 11) is 1.87. The largest absolute Gasteiger partial charge is 0.455 e. The minimum atomic E-state index is -0.412. The standard InChI is InChI=1S/C11H14N4O2S/c1-7-3-8(17-10(7)11(16)14-12)6-18-9-4-13-15(2)5-9/h3-5H,6,12H2,1-2H3,(H,14,16). The summed E-state index contributed by atoms with van der Waals surface area (Å²) in [6, 6.07) is 1.84. The summed E-state index contributed by atoms with van der Waals surface area (Å²) in [5, 5.41) is 4.08. The van der Waals surface area contributed by atoms with Gasteiger partial charge in [-0.05, 0) is 13.0 Å². The van der Waals surface area contributed by atoms with Crippen molar-refractivity contribution in [1.82, 2.24) is 15.2 Å². The van der Waals surface area contributed by atoms with E-state index in [-0.39, 0.29) is 5.76 Å². The second kappa shape index (κ2) is 5.28. The van der Waals surface area contributed by atoms with E-state index in [1.54, 1.807) is 22.6 Å². The molecule has 0 unspecified atom stereocenters. The van der Waals surface area contributed by atoms with Crippen LogP contribution in [0.25, 0.3) is 0 Å². The highest BCUT2D eigenvalue weighted by Crippen LogP contribution is 2.24. The van der Waals surface area contributed by atoms with Crippen molar-refractivity contribution in [2.24, 2.45) is 12.9 Å². The monoisotopic (exact) mass is 266 g/mol. The highest BCUT2D eigenvalue weighted by atomic mass is 32.2. The lowest BCUT2D eigenvalue weighted by molar-refractivity contribution is 0.0923. The van der Waals surface area contributed by atoms with Gasteiger partial charge in [-0.1, -0.05) is 0 Å². The molecule has 0 saturated heterocycles. The molecule has 2 aromatic rings. The number of thioether (sulfide) groups is 1. The second-order valence-corrected chi connectivity index (χ2v) is 4.89.